The van der Waals surface area contributed by atoms with Gasteiger partial charge in [0.2, 0.25) is 0 Å². The standard InChI is InChI=1S/C21H19F3N6O/c1-3-30(11-14-6-5-13(9-26-14)21(22,23)24)20(31)12-4-7-17-15(8-12)18-16(19(25)28-17)10-27-29(18)2/h4-10H,3,11H2,1-2H3,(H2,25,28). The summed E-state index contributed by atoms with van der Waals surface area (Å²) in [6.45, 7) is 2.25. The van der Waals surface area contributed by atoms with E-state index in [1.165, 1.54) is 11.0 Å². The van der Waals surface area contributed by atoms with Crippen LogP contribution in [0.5, 0.6) is 0 Å². The van der Waals surface area contributed by atoms with Crippen LogP contribution in [0.4, 0.5) is 19.0 Å². The van der Waals surface area contributed by atoms with Gasteiger partial charge in [-0.25, -0.2) is 4.98 Å². The second-order valence-corrected chi connectivity index (χ2v) is 7.11. The average molecular weight is 428 g/mol. The Bertz CT molecular complexity index is 1280. The smallest absolute Gasteiger partial charge is 0.383 e. The summed E-state index contributed by atoms with van der Waals surface area (Å²) in [5.41, 5.74) is 7.38. The molecule has 0 fully saturated rings. The lowest BCUT2D eigenvalue weighted by Gasteiger charge is -2.21. The number of benzene rings is 1. The third-order valence-corrected chi connectivity index (χ3v) is 5.13. The molecule has 1 aromatic carbocycles. The molecule has 0 saturated carbocycles. The fourth-order valence-electron chi connectivity index (χ4n) is 3.48. The number of carbonyl (C=O) groups excluding carboxylic acids is 1. The van der Waals surface area contributed by atoms with Crippen LogP contribution in [0.2, 0.25) is 0 Å². The summed E-state index contributed by atoms with van der Waals surface area (Å²) in [6, 6.07) is 7.35. The van der Waals surface area contributed by atoms with Crippen LogP contribution in [0.3, 0.4) is 0 Å². The Morgan fingerprint density at radius 2 is 1.94 bits per heavy atom. The molecule has 0 aliphatic rings. The zero-order chi connectivity index (χ0) is 22.3. The van der Waals surface area contributed by atoms with Crippen molar-refractivity contribution in [1.29, 1.82) is 0 Å². The lowest BCUT2D eigenvalue weighted by Crippen LogP contribution is -2.30. The third kappa shape index (κ3) is 3.76. The van der Waals surface area contributed by atoms with Crippen molar-refractivity contribution in [2.45, 2.75) is 19.6 Å². The van der Waals surface area contributed by atoms with Gasteiger partial charge in [-0.1, -0.05) is 0 Å². The number of aromatic nitrogens is 4. The first-order valence-electron chi connectivity index (χ1n) is 9.51. The summed E-state index contributed by atoms with van der Waals surface area (Å²) in [7, 11) is 1.78. The summed E-state index contributed by atoms with van der Waals surface area (Å²) in [4.78, 5) is 22.9. The van der Waals surface area contributed by atoms with E-state index in [2.05, 4.69) is 15.1 Å². The molecular weight excluding hydrogens is 409 g/mol. The molecule has 7 nitrogen and oxygen atoms in total. The number of pyridine rings is 2. The molecule has 0 atom stereocenters. The van der Waals surface area contributed by atoms with Crippen molar-refractivity contribution in [3.8, 4) is 0 Å². The van der Waals surface area contributed by atoms with Crippen LogP contribution in [0.15, 0.2) is 42.7 Å². The highest BCUT2D eigenvalue weighted by molar-refractivity contribution is 6.10. The Labute approximate surface area is 175 Å². The first-order valence-corrected chi connectivity index (χ1v) is 9.51. The van der Waals surface area contributed by atoms with Crippen LogP contribution >= 0.6 is 0 Å². The van der Waals surface area contributed by atoms with Crippen molar-refractivity contribution in [1.82, 2.24) is 24.6 Å². The van der Waals surface area contributed by atoms with Crippen LogP contribution in [0.1, 0.15) is 28.5 Å². The SMILES string of the molecule is CCN(Cc1ccc(C(F)(F)F)cn1)C(=O)c1ccc2nc(N)c3cnn(C)c3c2c1. The van der Waals surface area contributed by atoms with Crippen molar-refractivity contribution in [2.75, 3.05) is 12.3 Å². The normalized spacial score (nSPS) is 11.9. The zero-order valence-corrected chi connectivity index (χ0v) is 16.8. The molecule has 0 saturated heterocycles. The number of halogens is 3. The van der Waals surface area contributed by atoms with Crippen molar-refractivity contribution in [3.63, 3.8) is 0 Å². The molecule has 2 N–H and O–H groups in total. The zero-order valence-electron chi connectivity index (χ0n) is 16.8. The van der Waals surface area contributed by atoms with Gasteiger partial charge in [-0.15, -0.1) is 0 Å². The number of hydrogen-bond donors (Lipinski definition) is 1. The lowest BCUT2D eigenvalue weighted by molar-refractivity contribution is -0.137. The van der Waals surface area contributed by atoms with Crippen LogP contribution in [-0.4, -0.2) is 37.1 Å². The molecule has 4 rings (SSSR count). The predicted molar refractivity (Wildman–Crippen MR) is 110 cm³/mol. The predicted octanol–water partition coefficient (Wildman–Crippen LogP) is 3.78. The number of carbonyl (C=O) groups is 1. The minimum absolute atomic E-state index is 0.0899. The van der Waals surface area contributed by atoms with Crippen molar-refractivity contribution in [2.24, 2.45) is 7.05 Å². The molecule has 0 unspecified atom stereocenters. The van der Waals surface area contributed by atoms with E-state index in [0.717, 1.165) is 23.2 Å². The molecule has 3 heterocycles. The van der Waals surface area contributed by atoms with E-state index in [4.69, 9.17) is 5.73 Å². The van der Waals surface area contributed by atoms with E-state index in [0.29, 0.717) is 34.5 Å². The first kappa shape index (κ1) is 20.6. The van der Waals surface area contributed by atoms with E-state index in [9.17, 15) is 18.0 Å². The van der Waals surface area contributed by atoms with Crippen LogP contribution in [-0.2, 0) is 19.8 Å². The van der Waals surface area contributed by atoms with Crippen LogP contribution in [0.25, 0.3) is 21.8 Å². The monoisotopic (exact) mass is 428 g/mol. The van der Waals surface area contributed by atoms with Gasteiger partial charge in [-0.2, -0.15) is 18.3 Å². The number of alkyl halides is 3. The summed E-state index contributed by atoms with van der Waals surface area (Å²) in [5, 5.41) is 5.66. The number of amides is 1. The topological polar surface area (TPSA) is 89.9 Å². The molecule has 4 aromatic rings. The highest BCUT2D eigenvalue weighted by Gasteiger charge is 2.30. The molecule has 10 heteroatoms. The van der Waals surface area contributed by atoms with Gasteiger partial charge in [0.25, 0.3) is 5.91 Å². The number of nitrogens with two attached hydrogens (primary N) is 1. The number of nitrogen functional groups attached to an aromatic ring is 1. The first-order chi connectivity index (χ1) is 14.7. The Kier molecular flexibility index (Phi) is 5.00. The number of fused-ring (bicyclic) bond motifs is 3. The molecular formula is C21H19F3N6O. The van der Waals surface area contributed by atoms with Gasteiger partial charge >= 0.3 is 6.18 Å². The van der Waals surface area contributed by atoms with Gasteiger partial charge in [-0.05, 0) is 37.3 Å². The van der Waals surface area contributed by atoms with Gasteiger partial charge in [0.1, 0.15) is 5.82 Å². The maximum Gasteiger partial charge on any atom is 0.417 e. The Hall–Kier alpha value is -3.69. The van der Waals surface area contributed by atoms with Crippen molar-refractivity contribution >= 4 is 33.5 Å². The molecule has 1 amide bonds. The number of hydrogen-bond acceptors (Lipinski definition) is 5. The van der Waals surface area contributed by atoms with Gasteiger partial charge in [0.15, 0.2) is 0 Å². The van der Waals surface area contributed by atoms with E-state index in [-0.39, 0.29) is 12.5 Å². The molecule has 31 heavy (non-hydrogen) atoms. The lowest BCUT2D eigenvalue weighted by atomic mass is 10.1. The maximum absolute atomic E-state index is 13.1. The summed E-state index contributed by atoms with van der Waals surface area (Å²) in [6.07, 6.45) is -2.05. The van der Waals surface area contributed by atoms with E-state index < -0.39 is 11.7 Å². The Morgan fingerprint density at radius 3 is 2.58 bits per heavy atom. The van der Waals surface area contributed by atoms with E-state index in [1.807, 2.05) is 0 Å². The van der Waals surface area contributed by atoms with Crippen LogP contribution in [0, 0.1) is 0 Å². The van der Waals surface area contributed by atoms with E-state index in [1.54, 1.807) is 43.0 Å². The summed E-state index contributed by atoms with van der Waals surface area (Å²) < 4.78 is 39.9. The molecule has 3 aromatic heterocycles. The fraction of sp³-hybridized carbons (Fsp3) is 0.238. The molecule has 0 spiro atoms. The Morgan fingerprint density at radius 1 is 1.16 bits per heavy atom. The summed E-state index contributed by atoms with van der Waals surface area (Å²) in [5.74, 6) is 0.0940. The molecule has 0 aliphatic carbocycles. The highest BCUT2D eigenvalue weighted by Crippen LogP contribution is 2.29. The second kappa shape index (κ2) is 7.53. The van der Waals surface area contributed by atoms with Crippen molar-refractivity contribution < 1.29 is 18.0 Å². The van der Waals surface area contributed by atoms with Gasteiger partial charge in [0.05, 0.1) is 40.4 Å². The second-order valence-electron chi connectivity index (χ2n) is 7.11. The summed E-state index contributed by atoms with van der Waals surface area (Å²) >= 11 is 0. The molecule has 160 valence electrons. The van der Waals surface area contributed by atoms with Crippen molar-refractivity contribution in [3.05, 3.63) is 59.5 Å². The highest BCUT2D eigenvalue weighted by atomic mass is 19.4. The third-order valence-electron chi connectivity index (χ3n) is 5.13. The quantitative estimate of drug-likeness (QED) is 0.534. The van der Waals surface area contributed by atoms with Gasteiger partial charge < -0.3 is 10.6 Å². The molecule has 0 bridgehead atoms. The fourth-order valence-corrected chi connectivity index (χ4v) is 3.48. The average Bonchev–Trinajstić information content (AvgIpc) is 3.13. The number of anilines is 1. The Balaban J connectivity index is 1.66. The number of aryl methyl sites for hydroxylation is 1. The van der Waals surface area contributed by atoms with Gasteiger partial charge in [-0.3, -0.25) is 14.5 Å². The number of nitrogens with zero attached hydrogens (tertiary/aromatic N) is 5. The number of rotatable bonds is 4. The maximum atomic E-state index is 13.1. The van der Waals surface area contributed by atoms with Gasteiger partial charge in [0, 0.05) is 30.7 Å². The largest absolute Gasteiger partial charge is 0.417 e. The van der Waals surface area contributed by atoms with Crippen LogP contribution < -0.4 is 5.73 Å². The minimum Gasteiger partial charge on any atom is -0.383 e. The minimum atomic E-state index is -4.45. The molecule has 0 radical (unpaired) electrons. The molecule has 0 aliphatic heterocycles. The van der Waals surface area contributed by atoms with E-state index >= 15 is 0 Å².